The maximum atomic E-state index is 8.93. The molecule has 0 atom stereocenters. The lowest BCUT2D eigenvalue weighted by molar-refractivity contribution is 0.270. The molecule has 0 saturated heterocycles. The van der Waals surface area contributed by atoms with Gasteiger partial charge in [-0.15, -0.1) is 0 Å². The van der Waals surface area contributed by atoms with Crippen LogP contribution >= 0.6 is 0 Å². The van der Waals surface area contributed by atoms with Crippen molar-refractivity contribution in [3.05, 3.63) is 29.3 Å². The average molecular weight is 262 g/mol. The van der Waals surface area contributed by atoms with Crippen LogP contribution in [0.2, 0.25) is 0 Å². The number of aliphatic hydroxyl groups is 1. The molecular weight excluding hydrogens is 240 g/mol. The van der Waals surface area contributed by atoms with E-state index in [1.807, 2.05) is 12.1 Å². The molecule has 1 N–H and O–H groups in total. The molecule has 4 nitrogen and oxygen atoms in total. The minimum absolute atomic E-state index is 0.266. The van der Waals surface area contributed by atoms with E-state index in [9.17, 15) is 0 Å². The molecule has 19 heavy (non-hydrogen) atoms. The summed E-state index contributed by atoms with van der Waals surface area (Å²) in [4.78, 5) is 2.20. The van der Waals surface area contributed by atoms with Crippen LogP contribution < -0.4 is 4.74 Å². The Morgan fingerprint density at radius 2 is 2.11 bits per heavy atom. The fourth-order valence-corrected chi connectivity index (χ4v) is 2.01. The van der Waals surface area contributed by atoms with Crippen molar-refractivity contribution in [3.8, 4) is 11.8 Å². The third kappa shape index (κ3) is 5.29. The van der Waals surface area contributed by atoms with Crippen LogP contribution in [-0.4, -0.2) is 37.3 Å². The average Bonchev–Trinajstić information content (AvgIpc) is 2.43. The Balaban J connectivity index is 2.57. The predicted molar refractivity (Wildman–Crippen MR) is 75.0 cm³/mol. The fraction of sp³-hybridized carbons (Fsp3) is 0.533. The van der Waals surface area contributed by atoms with Gasteiger partial charge in [-0.3, -0.25) is 0 Å². The summed E-state index contributed by atoms with van der Waals surface area (Å²) in [6, 6.07) is 7.64. The van der Waals surface area contributed by atoms with E-state index in [0.717, 1.165) is 43.7 Å². The summed E-state index contributed by atoms with van der Waals surface area (Å²) < 4.78 is 5.32. The van der Waals surface area contributed by atoms with Gasteiger partial charge in [-0.05, 0) is 51.1 Å². The van der Waals surface area contributed by atoms with Crippen molar-refractivity contribution >= 4 is 0 Å². The van der Waals surface area contributed by atoms with Crippen LogP contribution in [0.4, 0.5) is 0 Å². The second-order valence-electron chi connectivity index (χ2n) is 4.66. The van der Waals surface area contributed by atoms with Crippen LogP contribution in [0.5, 0.6) is 5.75 Å². The van der Waals surface area contributed by atoms with Crippen LogP contribution in [0.15, 0.2) is 18.2 Å². The molecular formula is C15H22N2O2. The van der Waals surface area contributed by atoms with Crippen molar-refractivity contribution in [2.24, 2.45) is 0 Å². The zero-order valence-electron chi connectivity index (χ0n) is 11.7. The lowest BCUT2D eigenvalue weighted by atomic mass is 10.1. The van der Waals surface area contributed by atoms with E-state index in [0.29, 0.717) is 5.56 Å². The standard InChI is InChI=1S/C15H22N2O2/c1-17(8-4-3-5-9-18)12-14-10-13(11-16)6-7-15(14)19-2/h6-7,10,18H,3-5,8-9,12H2,1-2H3. The Bertz CT molecular complexity index is 427. The van der Waals surface area contributed by atoms with Gasteiger partial charge in [0, 0.05) is 18.7 Å². The van der Waals surface area contributed by atoms with E-state index in [1.54, 1.807) is 13.2 Å². The van der Waals surface area contributed by atoms with E-state index >= 15 is 0 Å². The molecule has 1 rings (SSSR count). The smallest absolute Gasteiger partial charge is 0.123 e. The normalized spacial score (nSPS) is 10.5. The van der Waals surface area contributed by atoms with Crippen molar-refractivity contribution in [2.45, 2.75) is 25.8 Å². The van der Waals surface area contributed by atoms with Crippen molar-refractivity contribution in [2.75, 3.05) is 27.3 Å². The summed E-state index contributed by atoms with van der Waals surface area (Å²) >= 11 is 0. The number of nitriles is 1. The third-order valence-electron chi connectivity index (χ3n) is 3.05. The number of hydrogen-bond donors (Lipinski definition) is 1. The molecule has 0 radical (unpaired) electrons. The Morgan fingerprint density at radius 3 is 2.74 bits per heavy atom. The topological polar surface area (TPSA) is 56.5 Å². The molecule has 0 spiro atoms. The quantitative estimate of drug-likeness (QED) is 0.729. The SMILES string of the molecule is COc1ccc(C#N)cc1CN(C)CCCCCO. The van der Waals surface area contributed by atoms with Crippen LogP contribution in [-0.2, 0) is 6.54 Å². The molecule has 0 heterocycles. The second kappa shape index (κ2) is 8.52. The number of nitrogens with zero attached hydrogens (tertiary/aromatic N) is 2. The third-order valence-corrected chi connectivity index (χ3v) is 3.05. The lowest BCUT2D eigenvalue weighted by Gasteiger charge is -2.18. The van der Waals surface area contributed by atoms with Gasteiger partial charge >= 0.3 is 0 Å². The minimum atomic E-state index is 0.266. The van der Waals surface area contributed by atoms with Crippen molar-refractivity contribution in [3.63, 3.8) is 0 Å². The number of hydrogen-bond acceptors (Lipinski definition) is 4. The number of benzene rings is 1. The van der Waals surface area contributed by atoms with Crippen molar-refractivity contribution in [1.29, 1.82) is 5.26 Å². The maximum Gasteiger partial charge on any atom is 0.123 e. The highest BCUT2D eigenvalue weighted by molar-refractivity contribution is 5.41. The first kappa shape index (κ1) is 15.5. The van der Waals surface area contributed by atoms with Gasteiger partial charge in [0.1, 0.15) is 5.75 Å². The van der Waals surface area contributed by atoms with Gasteiger partial charge in [0.05, 0.1) is 18.7 Å². The Morgan fingerprint density at radius 1 is 1.32 bits per heavy atom. The molecule has 0 aliphatic rings. The maximum absolute atomic E-state index is 8.93. The zero-order valence-corrected chi connectivity index (χ0v) is 11.7. The first-order valence-electron chi connectivity index (χ1n) is 6.57. The van der Waals surface area contributed by atoms with Crippen LogP contribution in [0.1, 0.15) is 30.4 Å². The molecule has 0 unspecified atom stereocenters. The monoisotopic (exact) mass is 262 g/mol. The summed E-state index contributed by atoms with van der Waals surface area (Å²) in [6.07, 6.45) is 2.97. The van der Waals surface area contributed by atoms with Crippen LogP contribution in [0.3, 0.4) is 0 Å². The second-order valence-corrected chi connectivity index (χ2v) is 4.66. The predicted octanol–water partition coefficient (Wildman–Crippen LogP) is 2.16. The number of rotatable bonds is 8. The number of ether oxygens (including phenoxy) is 1. The number of aliphatic hydroxyl groups excluding tert-OH is 1. The lowest BCUT2D eigenvalue weighted by Crippen LogP contribution is -2.19. The van der Waals surface area contributed by atoms with Gasteiger partial charge in [0.25, 0.3) is 0 Å². The Labute approximate surface area is 115 Å². The van der Waals surface area contributed by atoms with Gasteiger partial charge in [0.2, 0.25) is 0 Å². The van der Waals surface area contributed by atoms with Gasteiger partial charge in [-0.2, -0.15) is 5.26 Å². The first-order valence-corrected chi connectivity index (χ1v) is 6.57. The zero-order chi connectivity index (χ0) is 14.1. The fourth-order valence-electron chi connectivity index (χ4n) is 2.01. The van der Waals surface area contributed by atoms with E-state index in [4.69, 9.17) is 15.1 Å². The molecule has 104 valence electrons. The summed E-state index contributed by atoms with van der Waals surface area (Å²) in [5, 5.41) is 17.7. The van der Waals surface area contributed by atoms with Crippen LogP contribution in [0, 0.1) is 11.3 Å². The molecule has 1 aromatic rings. The number of methoxy groups -OCH3 is 1. The summed E-state index contributed by atoms with van der Waals surface area (Å²) in [6.45, 7) is 2.00. The molecule has 0 saturated carbocycles. The highest BCUT2D eigenvalue weighted by atomic mass is 16.5. The minimum Gasteiger partial charge on any atom is -0.496 e. The van der Waals surface area contributed by atoms with Crippen LogP contribution in [0.25, 0.3) is 0 Å². The first-order chi connectivity index (χ1) is 9.21. The highest BCUT2D eigenvalue weighted by Gasteiger charge is 2.07. The van der Waals surface area contributed by atoms with Crippen molar-refractivity contribution < 1.29 is 9.84 Å². The van der Waals surface area contributed by atoms with E-state index in [1.165, 1.54) is 0 Å². The van der Waals surface area contributed by atoms with E-state index in [-0.39, 0.29) is 6.61 Å². The molecule has 1 aromatic carbocycles. The Kier molecular flexibility index (Phi) is 6.94. The molecule has 0 aliphatic heterocycles. The summed E-state index contributed by atoms with van der Waals surface area (Å²) in [7, 11) is 3.70. The molecule has 0 bridgehead atoms. The van der Waals surface area contributed by atoms with Gasteiger partial charge < -0.3 is 14.7 Å². The summed E-state index contributed by atoms with van der Waals surface area (Å²) in [5.74, 6) is 0.821. The van der Waals surface area contributed by atoms with Gasteiger partial charge in [0.15, 0.2) is 0 Å². The molecule has 0 aromatic heterocycles. The molecule has 0 aliphatic carbocycles. The highest BCUT2D eigenvalue weighted by Crippen LogP contribution is 2.21. The summed E-state index contributed by atoms with van der Waals surface area (Å²) in [5.41, 5.74) is 1.69. The molecule has 4 heteroatoms. The van der Waals surface area contributed by atoms with E-state index < -0.39 is 0 Å². The van der Waals surface area contributed by atoms with Crippen molar-refractivity contribution in [1.82, 2.24) is 4.90 Å². The van der Waals surface area contributed by atoms with Gasteiger partial charge in [-0.1, -0.05) is 0 Å². The number of unbranched alkanes of at least 4 members (excludes halogenated alkanes) is 2. The van der Waals surface area contributed by atoms with Gasteiger partial charge in [-0.25, -0.2) is 0 Å². The molecule has 0 amide bonds. The van der Waals surface area contributed by atoms with E-state index in [2.05, 4.69) is 18.0 Å². The molecule has 0 fully saturated rings. The largest absolute Gasteiger partial charge is 0.496 e. The Hall–Kier alpha value is -1.57.